The predicted molar refractivity (Wildman–Crippen MR) is 101 cm³/mol. The van der Waals surface area contributed by atoms with Crippen LogP contribution in [0.4, 0.5) is 23.3 Å². The fourth-order valence-electron chi connectivity index (χ4n) is 3.20. The summed E-state index contributed by atoms with van der Waals surface area (Å²) in [6.07, 6.45) is 2.86. The maximum atomic E-state index is 11.3. The Hall–Kier alpha value is -2.24. The molecule has 150 valence electrons. The van der Waals surface area contributed by atoms with Gasteiger partial charge in [0.1, 0.15) is 0 Å². The van der Waals surface area contributed by atoms with Crippen LogP contribution in [0.1, 0.15) is 19.3 Å². The minimum atomic E-state index is -0.560. The van der Waals surface area contributed by atoms with Crippen LogP contribution in [-0.4, -0.2) is 78.4 Å². The molecule has 1 aromatic rings. The van der Waals surface area contributed by atoms with Crippen LogP contribution in [0, 0.1) is 10.1 Å². The third-order valence-electron chi connectivity index (χ3n) is 4.65. The fourth-order valence-corrected chi connectivity index (χ4v) is 3.20. The van der Waals surface area contributed by atoms with Gasteiger partial charge in [0.2, 0.25) is 17.6 Å². The number of hydrogen-bond acceptors (Lipinski definition) is 10. The van der Waals surface area contributed by atoms with Gasteiger partial charge < -0.3 is 25.8 Å². The molecule has 2 aliphatic heterocycles. The maximum Gasteiger partial charge on any atom is 0.353 e. The first kappa shape index (κ1) is 19.5. The van der Waals surface area contributed by atoms with Gasteiger partial charge in [-0.1, -0.05) is 0 Å². The second-order valence-electron chi connectivity index (χ2n) is 6.64. The molecular formula is C16H27N7O4. The largest absolute Gasteiger partial charge is 0.379 e. The van der Waals surface area contributed by atoms with Crippen molar-refractivity contribution in [2.45, 2.75) is 25.4 Å². The molecule has 0 saturated carbocycles. The molecular weight excluding hydrogens is 354 g/mol. The molecule has 0 bridgehead atoms. The van der Waals surface area contributed by atoms with Gasteiger partial charge in [-0.2, -0.15) is 9.97 Å². The van der Waals surface area contributed by atoms with E-state index in [1.54, 1.807) is 0 Å². The molecule has 4 N–H and O–H groups in total. The molecule has 1 aromatic heterocycles. The van der Waals surface area contributed by atoms with Crippen LogP contribution < -0.4 is 16.4 Å². The monoisotopic (exact) mass is 381 g/mol. The number of rotatable bonds is 9. The Bertz CT molecular complexity index is 633. The minimum Gasteiger partial charge on any atom is -0.379 e. The lowest BCUT2D eigenvalue weighted by Crippen LogP contribution is -2.37. The van der Waals surface area contributed by atoms with E-state index in [4.69, 9.17) is 15.2 Å². The number of nitrogens with zero attached hydrogens (tertiary/aromatic N) is 4. The second-order valence-corrected chi connectivity index (χ2v) is 6.64. The highest BCUT2D eigenvalue weighted by Gasteiger charge is 2.24. The van der Waals surface area contributed by atoms with Crippen molar-refractivity contribution in [1.82, 2.24) is 14.9 Å². The molecule has 3 heterocycles. The number of nitro groups is 1. The van der Waals surface area contributed by atoms with Crippen molar-refractivity contribution in [3.8, 4) is 0 Å². The number of aromatic nitrogens is 2. The van der Waals surface area contributed by atoms with Crippen molar-refractivity contribution >= 4 is 23.3 Å². The lowest BCUT2D eigenvalue weighted by Gasteiger charge is -2.26. The first-order chi connectivity index (χ1) is 13.1. The summed E-state index contributed by atoms with van der Waals surface area (Å²) in [6, 6.07) is 0. The summed E-state index contributed by atoms with van der Waals surface area (Å²) >= 11 is 0. The van der Waals surface area contributed by atoms with Crippen LogP contribution in [0.5, 0.6) is 0 Å². The topological polar surface area (TPSA) is 141 Å². The molecule has 11 nitrogen and oxygen atoms in total. The molecule has 0 aromatic carbocycles. The number of hydrogen-bond donors (Lipinski definition) is 3. The van der Waals surface area contributed by atoms with E-state index in [0.29, 0.717) is 13.1 Å². The first-order valence-corrected chi connectivity index (χ1v) is 9.35. The molecule has 0 amide bonds. The van der Waals surface area contributed by atoms with E-state index in [1.807, 2.05) is 0 Å². The zero-order chi connectivity index (χ0) is 19.1. The van der Waals surface area contributed by atoms with Gasteiger partial charge in [0.25, 0.3) is 0 Å². The summed E-state index contributed by atoms with van der Waals surface area (Å²) in [7, 11) is 0. The number of ether oxygens (including phenoxy) is 2. The Kier molecular flexibility index (Phi) is 6.96. The van der Waals surface area contributed by atoms with E-state index in [2.05, 4.69) is 25.5 Å². The standard InChI is InChI=1S/C16H27N7O4/c17-14-13(23(24)25)15(19-11-12-3-1-8-27-12)21-16(20-14)18-4-2-5-22-6-9-26-10-7-22/h12H,1-11H2,(H4,17,18,19,20,21)/t12-/m0/s1. The van der Waals surface area contributed by atoms with Crippen LogP contribution in [0.25, 0.3) is 0 Å². The highest BCUT2D eigenvalue weighted by Crippen LogP contribution is 2.29. The van der Waals surface area contributed by atoms with Crippen LogP contribution in [0.2, 0.25) is 0 Å². The van der Waals surface area contributed by atoms with Gasteiger partial charge in [-0.05, 0) is 25.8 Å². The number of anilines is 3. The fraction of sp³-hybridized carbons (Fsp3) is 0.750. The summed E-state index contributed by atoms with van der Waals surface area (Å²) in [5.74, 6) is 0.258. The third-order valence-corrected chi connectivity index (χ3v) is 4.65. The smallest absolute Gasteiger partial charge is 0.353 e. The minimum absolute atomic E-state index is 0.0331. The van der Waals surface area contributed by atoms with E-state index in [1.165, 1.54) is 0 Å². The molecule has 2 fully saturated rings. The van der Waals surface area contributed by atoms with Crippen LogP contribution in [0.3, 0.4) is 0 Å². The van der Waals surface area contributed by atoms with Crippen molar-refractivity contribution < 1.29 is 14.4 Å². The highest BCUT2D eigenvalue weighted by atomic mass is 16.6. The normalized spacial score (nSPS) is 20.5. The average Bonchev–Trinajstić information content (AvgIpc) is 3.17. The van der Waals surface area contributed by atoms with E-state index in [-0.39, 0.29) is 29.4 Å². The highest BCUT2D eigenvalue weighted by molar-refractivity contribution is 5.69. The summed E-state index contributed by atoms with van der Waals surface area (Å²) in [5.41, 5.74) is 5.50. The zero-order valence-electron chi connectivity index (χ0n) is 15.4. The van der Waals surface area contributed by atoms with Crippen molar-refractivity contribution in [3.05, 3.63) is 10.1 Å². The summed E-state index contributed by atoms with van der Waals surface area (Å²) < 4.78 is 10.9. The third kappa shape index (κ3) is 5.62. The van der Waals surface area contributed by atoms with E-state index < -0.39 is 4.92 Å². The number of nitrogens with one attached hydrogen (secondary N) is 2. The van der Waals surface area contributed by atoms with Gasteiger partial charge in [0.05, 0.1) is 24.2 Å². The molecule has 3 rings (SSSR count). The lowest BCUT2D eigenvalue weighted by atomic mass is 10.2. The molecule has 0 unspecified atom stereocenters. The predicted octanol–water partition coefficient (Wildman–Crippen LogP) is 0.692. The van der Waals surface area contributed by atoms with Crippen molar-refractivity contribution in [2.75, 3.05) is 68.9 Å². The molecule has 0 radical (unpaired) electrons. The molecule has 1 atom stereocenters. The quantitative estimate of drug-likeness (QED) is 0.318. The lowest BCUT2D eigenvalue weighted by molar-refractivity contribution is -0.383. The van der Waals surface area contributed by atoms with Crippen molar-refractivity contribution in [3.63, 3.8) is 0 Å². The average molecular weight is 381 g/mol. The Labute approximate surface area is 157 Å². The van der Waals surface area contributed by atoms with Crippen LogP contribution >= 0.6 is 0 Å². The molecule has 2 saturated heterocycles. The molecule has 2 aliphatic rings. The Morgan fingerprint density at radius 1 is 1.26 bits per heavy atom. The molecule has 0 spiro atoms. The Balaban J connectivity index is 1.56. The number of nitrogen functional groups attached to an aromatic ring is 1. The molecule has 0 aliphatic carbocycles. The van der Waals surface area contributed by atoms with Crippen molar-refractivity contribution in [2.24, 2.45) is 0 Å². The first-order valence-electron chi connectivity index (χ1n) is 9.35. The van der Waals surface area contributed by atoms with Gasteiger partial charge in [-0.3, -0.25) is 15.0 Å². The van der Waals surface area contributed by atoms with Gasteiger partial charge in [-0.25, -0.2) is 0 Å². The SMILES string of the molecule is Nc1nc(NCCCN2CCOCC2)nc(NC[C@@H]2CCCO2)c1[N+](=O)[O-]. The van der Waals surface area contributed by atoms with Gasteiger partial charge in [0.15, 0.2) is 0 Å². The number of nitrogens with two attached hydrogens (primary N) is 1. The summed E-state index contributed by atoms with van der Waals surface area (Å²) in [5, 5.41) is 17.4. The van der Waals surface area contributed by atoms with Crippen LogP contribution in [-0.2, 0) is 9.47 Å². The summed E-state index contributed by atoms with van der Waals surface area (Å²) in [6.45, 7) is 6.20. The Morgan fingerprint density at radius 3 is 2.78 bits per heavy atom. The molecule has 27 heavy (non-hydrogen) atoms. The molecule has 11 heteroatoms. The van der Waals surface area contributed by atoms with E-state index >= 15 is 0 Å². The van der Waals surface area contributed by atoms with Gasteiger partial charge >= 0.3 is 5.69 Å². The summed E-state index contributed by atoms with van der Waals surface area (Å²) in [4.78, 5) is 21.4. The second kappa shape index (κ2) is 9.62. The Morgan fingerprint density at radius 2 is 2.07 bits per heavy atom. The van der Waals surface area contributed by atoms with Crippen molar-refractivity contribution in [1.29, 1.82) is 0 Å². The number of morpholine rings is 1. The van der Waals surface area contributed by atoms with E-state index in [9.17, 15) is 10.1 Å². The van der Waals surface area contributed by atoms with Crippen LogP contribution in [0.15, 0.2) is 0 Å². The maximum absolute atomic E-state index is 11.3. The zero-order valence-corrected chi connectivity index (χ0v) is 15.4. The van der Waals surface area contributed by atoms with E-state index in [0.717, 1.165) is 58.7 Å². The van der Waals surface area contributed by atoms with Gasteiger partial charge in [-0.15, -0.1) is 0 Å². The van der Waals surface area contributed by atoms with Gasteiger partial charge in [0, 0.05) is 32.8 Å².